The van der Waals surface area contributed by atoms with Crippen LogP contribution in [0.15, 0.2) is 36.4 Å². The third-order valence-electron chi connectivity index (χ3n) is 6.71. The van der Waals surface area contributed by atoms with Crippen LogP contribution in [0.1, 0.15) is 41.8 Å². The minimum absolute atomic E-state index is 0.224. The fraction of sp³-hybridized carbons (Fsp3) is 0.440. The lowest BCUT2D eigenvalue weighted by Gasteiger charge is -2.23. The van der Waals surface area contributed by atoms with Crippen molar-refractivity contribution in [3.63, 3.8) is 0 Å². The summed E-state index contributed by atoms with van der Waals surface area (Å²) in [6.45, 7) is 7.22. The second kappa shape index (κ2) is 8.82. The molecule has 0 radical (unpaired) electrons. The number of fused-ring (bicyclic) bond motifs is 1. The summed E-state index contributed by atoms with van der Waals surface area (Å²) < 4.78 is 40.2. The number of aromatic nitrogens is 2. The van der Waals surface area contributed by atoms with Crippen LogP contribution in [0.3, 0.4) is 0 Å². The Hall–Kier alpha value is -2.87. The lowest BCUT2D eigenvalue weighted by atomic mass is 9.97. The summed E-state index contributed by atoms with van der Waals surface area (Å²) in [5.41, 5.74) is 2.13. The fourth-order valence-corrected chi connectivity index (χ4v) is 4.69. The number of anilines is 2. The number of alkyl halides is 3. The van der Waals surface area contributed by atoms with Gasteiger partial charge in [0.25, 0.3) is 0 Å². The van der Waals surface area contributed by atoms with Crippen molar-refractivity contribution in [2.24, 2.45) is 0 Å². The molecule has 2 heterocycles. The Labute approximate surface area is 192 Å². The Morgan fingerprint density at radius 3 is 2.52 bits per heavy atom. The van der Waals surface area contributed by atoms with E-state index in [1.807, 2.05) is 13.8 Å². The highest BCUT2D eigenvalue weighted by atomic mass is 19.4. The van der Waals surface area contributed by atoms with Crippen LogP contribution in [0.25, 0.3) is 10.8 Å². The molecule has 1 fully saturated rings. The van der Waals surface area contributed by atoms with Crippen molar-refractivity contribution in [3.8, 4) is 0 Å². The van der Waals surface area contributed by atoms with Gasteiger partial charge in [0.1, 0.15) is 0 Å². The van der Waals surface area contributed by atoms with Crippen LogP contribution >= 0.6 is 0 Å². The quantitative estimate of drug-likeness (QED) is 0.542. The monoisotopic (exact) mass is 457 g/mol. The van der Waals surface area contributed by atoms with E-state index in [1.165, 1.54) is 13.0 Å². The minimum atomic E-state index is -4.38. The highest BCUT2D eigenvalue weighted by Crippen LogP contribution is 2.36. The fourth-order valence-electron chi connectivity index (χ4n) is 4.69. The molecule has 8 heteroatoms. The lowest BCUT2D eigenvalue weighted by Crippen LogP contribution is -2.31. The molecule has 33 heavy (non-hydrogen) atoms. The Morgan fingerprint density at radius 2 is 1.85 bits per heavy atom. The molecule has 176 valence electrons. The number of nitrogens with one attached hydrogen (secondary N) is 1. The number of likely N-dealkylation sites (N-methyl/N-ethyl adjacent to an activating group) is 1. The van der Waals surface area contributed by atoms with Gasteiger partial charge in [0.15, 0.2) is 5.82 Å². The maximum atomic E-state index is 13.4. The van der Waals surface area contributed by atoms with Gasteiger partial charge in [0.2, 0.25) is 0 Å². The SMILES string of the molecule is Cc1c([C@@H](C)Nc2nnc(C)c3ccc(N4CC[C@@H](N(C)C)C4)cc23)cccc1C(F)(F)F. The van der Waals surface area contributed by atoms with Crippen molar-refractivity contribution in [3.05, 3.63) is 58.8 Å². The van der Waals surface area contributed by atoms with Gasteiger partial charge in [0.05, 0.1) is 17.3 Å². The summed E-state index contributed by atoms with van der Waals surface area (Å²) in [7, 11) is 4.21. The zero-order chi connectivity index (χ0) is 23.9. The van der Waals surface area contributed by atoms with Crippen LogP contribution in [0.4, 0.5) is 24.7 Å². The third kappa shape index (κ3) is 4.62. The maximum absolute atomic E-state index is 13.4. The molecule has 0 saturated carbocycles. The van der Waals surface area contributed by atoms with Crippen molar-refractivity contribution < 1.29 is 13.2 Å². The summed E-state index contributed by atoms with van der Waals surface area (Å²) in [5, 5.41) is 13.9. The van der Waals surface area contributed by atoms with Crippen molar-refractivity contribution in [2.45, 2.75) is 45.5 Å². The highest BCUT2D eigenvalue weighted by Gasteiger charge is 2.33. The molecule has 1 saturated heterocycles. The van der Waals surface area contributed by atoms with E-state index >= 15 is 0 Å². The van der Waals surface area contributed by atoms with Gasteiger partial charge in [-0.1, -0.05) is 18.2 Å². The van der Waals surface area contributed by atoms with Crippen LogP contribution in [-0.4, -0.2) is 48.3 Å². The second-order valence-electron chi connectivity index (χ2n) is 9.10. The molecule has 1 N–H and O–H groups in total. The van der Waals surface area contributed by atoms with Gasteiger partial charge in [-0.25, -0.2) is 0 Å². The molecule has 1 aromatic heterocycles. The number of aryl methyl sites for hydroxylation is 1. The average molecular weight is 458 g/mol. The van der Waals surface area contributed by atoms with E-state index in [2.05, 4.69) is 57.6 Å². The number of halogens is 3. The summed E-state index contributed by atoms with van der Waals surface area (Å²) in [5.74, 6) is 0.574. The van der Waals surface area contributed by atoms with Crippen molar-refractivity contribution in [1.29, 1.82) is 0 Å². The molecule has 0 unspecified atom stereocenters. The predicted octanol–water partition coefficient (Wildman–Crippen LogP) is 5.58. The smallest absolute Gasteiger partial charge is 0.370 e. The van der Waals surface area contributed by atoms with Gasteiger partial charge < -0.3 is 15.1 Å². The summed E-state index contributed by atoms with van der Waals surface area (Å²) >= 11 is 0. The van der Waals surface area contributed by atoms with Crippen molar-refractivity contribution >= 4 is 22.3 Å². The van der Waals surface area contributed by atoms with Gasteiger partial charge in [-0.05, 0) is 70.6 Å². The van der Waals surface area contributed by atoms with E-state index in [0.29, 0.717) is 17.4 Å². The molecule has 2 aromatic carbocycles. The first-order valence-corrected chi connectivity index (χ1v) is 11.2. The molecule has 0 bridgehead atoms. The van der Waals surface area contributed by atoms with Crippen molar-refractivity contribution in [2.75, 3.05) is 37.4 Å². The minimum Gasteiger partial charge on any atom is -0.370 e. The zero-order valence-electron chi connectivity index (χ0n) is 19.7. The number of rotatable bonds is 5. The Morgan fingerprint density at radius 1 is 1.09 bits per heavy atom. The molecule has 3 aromatic rings. The van der Waals surface area contributed by atoms with E-state index < -0.39 is 11.7 Å². The van der Waals surface area contributed by atoms with Gasteiger partial charge in [-0.15, -0.1) is 5.10 Å². The topological polar surface area (TPSA) is 44.3 Å². The molecular formula is C25H30F3N5. The van der Waals surface area contributed by atoms with Crippen LogP contribution < -0.4 is 10.2 Å². The molecule has 0 spiro atoms. The average Bonchev–Trinajstić information content (AvgIpc) is 3.25. The van der Waals surface area contributed by atoms with E-state index in [1.54, 1.807) is 6.07 Å². The normalized spacial score (nSPS) is 17.7. The first-order valence-electron chi connectivity index (χ1n) is 11.2. The highest BCUT2D eigenvalue weighted by molar-refractivity contribution is 5.95. The Bertz CT molecular complexity index is 1160. The molecule has 0 aliphatic carbocycles. The Balaban J connectivity index is 1.68. The molecule has 1 aliphatic heterocycles. The van der Waals surface area contributed by atoms with E-state index in [4.69, 9.17) is 0 Å². The van der Waals surface area contributed by atoms with Gasteiger partial charge in [-0.3, -0.25) is 0 Å². The van der Waals surface area contributed by atoms with Crippen LogP contribution in [0.2, 0.25) is 0 Å². The second-order valence-corrected chi connectivity index (χ2v) is 9.10. The van der Waals surface area contributed by atoms with Crippen LogP contribution in [-0.2, 0) is 6.18 Å². The van der Waals surface area contributed by atoms with Crippen LogP contribution in [0, 0.1) is 13.8 Å². The van der Waals surface area contributed by atoms with Gasteiger partial charge in [0, 0.05) is 35.6 Å². The number of nitrogens with zero attached hydrogens (tertiary/aromatic N) is 4. The van der Waals surface area contributed by atoms with E-state index in [0.717, 1.165) is 47.7 Å². The molecule has 4 rings (SSSR count). The zero-order valence-corrected chi connectivity index (χ0v) is 19.7. The van der Waals surface area contributed by atoms with E-state index in [9.17, 15) is 13.2 Å². The third-order valence-corrected chi connectivity index (χ3v) is 6.71. The molecule has 1 aliphatic rings. The Kier molecular flexibility index (Phi) is 6.22. The maximum Gasteiger partial charge on any atom is 0.416 e. The standard InChI is InChI=1S/C25H30F3N5/c1-15-20(7-6-8-23(15)25(26,27)28)16(2)29-24-22-13-18(9-10-21(22)17(3)30-31-24)33-12-11-19(14-33)32(4)5/h6-10,13,16,19H,11-12,14H2,1-5H3,(H,29,31)/t16-,19-/m1/s1. The molecule has 5 nitrogen and oxygen atoms in total. The summed E-state index contributed by atoms with van der Waals surface area (Å²) in [4.78, 5) is 4.62. The van der Waals surface area contributed by atoms with Gasteiger partial charge in [-0.2, -0.15) is 18.3 Å². The first-order chi connectivity index (χ1) is 15.6. The van der Waals surface area contributed by atoms with Crippen molar-refractivity contribution in [1.82, 2.24) is 15.1 Å². The first kappa shape index (κ1) is 23.3. The molecule has 0 amide bonds. The van der Waals surface area contributed by atoms with Crippen LogP contribution in [0.5, 0.6) is 0 Å². The number of hydrogen-bond donors (Lipinski definition) is 1. The summed E-state index contributed by atoms with van der Waals surface area (Å²) in [6, 6.07) is 10.7. The number of benzene rings is 2. The number of hydrogen-bond acceptors (Lipinski definition) is 5. The van der Waals surface area contributed by atoms with E-state index in [-0.39, 0.29) is 11.6 Å². The molecule has 2 atom stereocenters. The predicted molar refractivity (Wildman–Crippen MR) is 127 cm³/mol. The summed E-state index contributed by atoms with van der Waals surface area (Å²) in [6.07, 6.45) is -3.28. The molecular weight excluding hydrogens is 427 g/mol. The lowest BCUT2D eigenvalue weighted by molar-refractivity contribution is -0.138. The van der Waals surface area contributed by atoms with Gasteiger partial charge >= 0.3 is 6.18 Å². The largest absolute Gasteiger partial charge is 0.416 e.